The summed E-state index contributed by atoms with van der Waals surface area (Å²) in [5, 5.41) is 0.926. The predicted molar refractivity (Wildman–Crippen MR) is 107 cm³/mol. The van der Waals surface area contributed by atoms with Crippen molar-refractivity contribution in [3.8, 4) is 5.75 Å². The van der Waals surface area contributed by atoms with Gasteiger partial charge in [0.25, 0.3) is 5.91 Å². The van der Waals surface area contributed by atoms with Crippen molar-refractivity contribution >= 4 is 28.7 Å². The minimum absolute atomic E-state index is 0.189. The number of ether oxygens (including phenoxy) is 2. The first kappa shape index (κ1) is 19.2. The summed E-state index contributed by atoms with van der Waals surface area (Å²) < 4.78 is 16.2. The molecule has 144 valence electrons. The van der Waals surface area contributed by atoms with E-state index in [4.69, 9.17) is 9.15 Å². The Morgan fingerprint density at radius 3 is 2.54 bits per heavy atom. The summed E-state index contributed by atoms with van der Waals surface area (Å²) in [4.78, 5) is 25.5. The summed E-state index contributed by atoms with van der Waals surface area (Å²) in [5.74, 6) is 0.468. The number of anilines is 1. The summed E-state index contributed by atoms with van der Waals surface area (Å²) in [6.45, 7) is 2.35. The number of carbonyl (C=O) groups is 2. The van der Waals surface area contributed by atoms with Gasteiger partial charge in [0.15, 0.2) is 0 Å². The van der Waals surface area contributed by atoms with Crippen molar-refractivity contribution in [2.45, 2.75) is 6.92 Å². The van der Waals surface area contributed by atoms with Crippen LogP contribution in [0.2, 0.25) is 0 Å². The van der Waals surface area contributed by atoms with Crippen molar-refractivity contribution in [3.05, 3.63) is 72.3 Å². The molecule has 0 saturated carbocycles. The monoisotopic (exact) mass is 379 g/mol. The van der Waals surface area contributed by atoms with Gasteiger partial charge >= 0.3 is 5.97 Å². The molecule has 0 spiro atoms. The van der Waals surface area contributed by atoms with Gasteiger partial charge in [-0.3, -0.25) is 9.69 Å². The maximum Gasteiger partial charge on any atom is 0.337 e. The van der Waals surface area contributed by atoms with Gasteiger partial charge in [-0.25, -0.2) is 4.79 Å². The van der Waals surface area contributed by atoms with Crippen LogP contribution in [-0.4, -0.2) is 32.1 Å². The molecule has 0 radical (unpaired) electrons. The number of furan rings is 1. The third-order valence-corrected chi connectivity index (χ3v) is 4.11. The summed E-state index contributed by atoms with van der Waals surface area (Å²) in [7, 11) is 1.33. The Hall–Kier alpha value is -3.54. The molecular formula is C22H21NO5. The molecule has 0 N–H and O–H groups in total. The fourth-order valence-electron chi connectivity index (χ4n) is 2.72. The molecule has 0 fully saturated rings. The Labute approximate surface area is 163 Å². The average molecular weight is 379 g/mol. The second-order valence-corrected chi connectivity index (χ2v) is 5.98. The van der Waals surface area contributed by atoms with Crippen molar-refractivity contribution in [2.75, 3.05) is 25.2 Å². The maximum atomic E-state index is 12.5. The molecule has 0 bridgehead atoms. The zero-order valence-corrected chi connectivity index (χ0v) is 15.8. The van der Waals surface area contributed by atoms with Crippen LogP contribution in [0.15, 0.2) is 71.2 Å². The number of allylic oxidation sites excluding steroid dienone is 1. The molecule has 6 nitrogen and oxygen atoms in total. The first-order valence-corrected chi connectivity index (χ1v) is 8.86. The molecular weight excluding hydrogens is 358 g/mol. The lowest BCUT2D eigenvalue weighted by atomic mass is 10.2. The van der Waals surface area contributed by atoms with Gasteiger partial charge in [-0.1, -0.05) is 24.3 Å². The molecule has 0 aliphatic rings. The molecule has 1 amide bonds. The number of hydrogen-bond donors (Lipinski definition) is 0. The van der Waals surface area contributed by atoms with E-state index in [-0.39, 0.29) is 12.5 Å². The second-order valence-electron chi connectivity index (χ2n) is 5.98. The molecule has 28 heavy (non-hydrogen) atoms. The number of fused-ring (bicyclic) bond motifs is 1. The maximum absolute atomic E-state index is 12.5. The number of methoxy groups -OCH3 is 1. The minimum Gasteiger partial charge on any atom is -0.492 e. The molecule has 0 aliphatic carbocycles. The van der Waals surface area contributed by atoms with E-state index in [0.29, 0.717) is 23.7 Å². The highest BCUT2D eigenvalue weighted by atomic mass is 16.5. The van der Waals surface area contributed by atoms with Crippen molar-refractivity contribution in [3.63, 3.8) is 0 Å². The van der Waals surface area contributed by atoms with Gasteiger partial charge in [0.05, 0.1) is 19.2 Å². The molecule has 1 heterocycles. The summed E-state index contributed by atoms with van der Waals surface area (Å²) >= 11 is 0. The lowest BCUT2D eigenvalue weighted by Gasteiger charge is -2.18. The summed E-state index contributed by atoms with van der Waals surface area (Å²) in [6, 6.07) is 16.1. The Kier molecular flexibility index (Phi) is 6.11. The van der Waals surface area contributed by atoms with Crippen LogP contribution < -0.4 is 9.64 Å². The number of esters is 1. The van der Waals surface area contributed by atoms with E-state index in [9.17, 15) is 9.59 Å². The van der Waals surface area contributed by atoms with Crippen LogP contribution in [0.1, 0.15) is 17.3 Å². The predicted octanol–water partition coefficient (Wildman–Crippen LogP) is 4.21. The van der Waals surface area contributed by atoms with Crippen LogP contribution in [-0.2, 0) is 9.53 Å². The van der Waals surface area contributed by atoms with Crippen molar-refractivity contribution < 1.29 is 23.5 Å². The highest BCUT2D eigenvalue weighted by molar-refractivity contribution is 6.01. The first-order valence-electron chi connectivity index (χ1n) is 8.86. The smallest absolute Gasteiger partial charge is 0.337 e. The third-order valence-electron chi connectivity index (χ3n) is 4.11. The van der Waals surface area contributed by atoms with Gasteiger partial charge in [-0.05, 0) is 43.3 Å². The molecule has 0 aliphatic heterocycles. The van der Waals surface area contributed by atoms with Gasteiger partial charge in [-0.2, -0.15) is 0 Å². The second kappa shape index (κ2) is 8.90. The normalized spacial score (nSPS) is 10.9. The number of amides is 1. The zero-order chi connectivity index (χ0) is 19.9. The lowest BCUT2D eigenvalue weighted by Crippen LogP contribution is -2.33. The molecule has 0 unspecified atom stereocenters. The SMILES string of the molecule is C/C=C/C(=O)N(CCOc1ccc(C(=O)OC)cc1)c1cc2ccccc2o1. The van der Waals surface area contributed by atoms with E-state index < -0.39 is 5.97 Å². The van der Waals surface area contributed by atoms with E-state index in [2.05, 4.69) is 4.74 Å². The quantitative estimate of drug-likeness (QED) is 0.454. The Balaban J connectivity index is 1.70. The number of para-hydroxylation sites is 1. The minimum atomic E-state index is -0.403. The molecule has 3 aromatic rings. The Bertz CT molecular complexity index is 955. The Morgan fingerprint density at radius 2 is 1.86 bits per heavy atom. The Morgan fingerprint density at radius 1 is 1.11 bits per heavy atom. The van der Waals surface area contributed by atoms with Crippen LogP contribution >= 0.6 is 0 Å². The number of nitrogens with zero attached hydrogens (tertiary/aromatic N) is 1. The average Bonchev–Trinajstić information content (AvgIpc) is 3.15. The molecule has 6 heteroatoms. The summed E-state index contributed by atoms with van der Waals surface area (Å²) in [5.41, 5.74) is 1.16. The van der Waals surface area contributed by atoms with Crippen LogP contribution in [0.5, 0.6) is 5.75 Å². The highest BCUT2D eigenvalue weighted by Crippen LogP contribution is 2.26. The van der Waals surface area contributed by atoms with E-state index in [1.807, 2.05) is 30.3 Å². The largest absolute Gasteiger partial charge is 0.492 e. The van der Waals surface area contributed by atoms with Crippen LogP contribution in [0.4, 0.5) is 5.88 Å². The third kappa shape index (κ3) is 4.40. The van der Waals surface area contributed by atoms with E-state index >= 15 is 0 Å². The van der Waals surface area contributed by atoms with Gasteiger partial charge < -0.3 is 13.9 Å². The van der Waals surface area contributed by atoms with Crippen LogP contribution in [0, 0.1) is 0 Å². The standard InChI is InChI=1S/C22H21NO5/c1-3-6-20(24)23(21-15-17-7-4-5-8-19(17)28-21)13-14-27-18-11-9-16(10-12-18)22(25)26-2/h3-12,15H,13-14H2,1-2H3/b6-3+. The fourth-order valence-corrected chi connectivity index (χ4v) is 2.72. The van der Waals surface area contributed by atoms with Crippen molar-refractivity contribution in [2.24, 2.45) is 0 Å². The molecule has 1 aromatic heterocycles. The van der Waals surface area contributed by atoms with Crippen LogP contribution in [0.25, 0.3) is 11.0 Å². The number of hydrogen-bond acceptors (Lipinski definition) is 5. The van der Waals surface area contributed by atoms with Crippen molar-refractivity contribution in [1.29, 1.82) is 0 Å². The molecule has 3 rings (SSSR count). The van der Waals surface area contributed by atoms with E-state index in [1.165, 1.54) is 18.1 Å². The number of rotatable bonds is 7. The molecule has 0 saturated heterocycles. The molecule has 2 aromatic carbocycles. The molecule has 0 atom stereocenters. The highest BCUT2D eigenvalue weighted by Gasteiger charge is 2.18. The first-order chi connectivity index (χ1) is 13.6. The number of carbonyl (C=O) groups excluding carboxylic acids is 2. The zero-order valence-electron chi connectivity index (χ0n) is 15.8. The summed E-state index contributed by atoms with van der Waals surface area (Å²) in [6.07, 6.45) is 3.17. The van der Waals surface area contributed by atoms with Gasteiger partial charge in [-0.15, -0.1) is 0 Å². The van der Waals surface area contributed by atoms with Crippen molar-refractivity contribution in [1.82, 2.24) is 0 Å². The van der Waals surface area contributed by atoms with Gasteiger partial charge in [0.1, 0.15) is 17.9 Å². The topological polar surface area (TPSA) is 69.0 Å². The van der Waals surface area contributed by atoms with Crippen LogP contribution in [0.3, 0.4) is 0 Å². The van der Waals surface area contributed by atoms with E-state index in [0.717, 1.165) is 11.0 Å². The van der Waals surface area contributed by atoms with E-state index in [1.54, 1.807) is 37.3 Å². The number of benzene rings is 2. The van der Waals surface area contributed by atoms with Gasteiger partial charge in [0.2, 0.25) is 5.88 Å². The van der Waals surface area contributed by atoms with Gasteiger partial charge in [0, 0.05) is 11.5 Å². The fraction of sp³-hybridized carbons (Fsp3) is 0.182. The lowest BCUT2D eigenvalue weighted by molar-refractivity contribution is -0.114.